The maximum atomic E-state index is 12.9. The van der Waals surface area contributed by atoms with Gasteiger partial charge in [-0.3, -0.25) is 9.69 Å². The Morgan fingerprint density at radius 2 is 1.89 bits per heavy atom. The number of aryl methyl sites for hydroxylation is 1. The molecular weight excluding hydrogens is 354 g/mol. The number of likely N-dealkylation sites (N-methyl/N-ethyl adjacent to an activating group) is 1. The molecule has 0 aliphatic carbocycles. The fourth-order valence-electron chi connectivity index (χ4n) is 2.71. The van der Waals surface area contributed by atoms with E-state index in [1.54, 1.807) is 22.3 Å². The average molecular weight is 380 g/mol. The van der Waals surface area contributed by atoms with Crippen molar-refractivity contribution in [3.05, 3.63) is 65.7 Å². The van der Waals surface area contributed by atoms with Gasteiger partial charge in [0.2, 0.25) is 0 Å². The van der Waals surface area contributed by atoms with Crippen molar-refractivity contribution in [1.82, 2.24) is 9.88 Å². The van der Waals surface area contributed by atoms with Crippen molar-refractivity contribution in [2.45, 2.75) is 13.3 Å². The topological polar surface area (TPSA) is 36.4 Å². The summed E-state index contributed by atoms with van der Waals surface area (Å²) >= 11 is 1.58. The molecule has 1 amide bonds. The average Bonchev–Trinajstić information content (AvgIpc) is 3.09. The summed E-state index contributed by atoms with van der Waals surface area (Å²) < 4.78 is 1.12. The van der Waals surface area contributed by atoms with E-state index in [0.29, 0.717) is 6.54 Å². The van der Waals surface area contributed by atoms with Crippen molar-refractivity contribution >= 4 is 38.7 Å². The normalized spacial score (nSPS) is 11.6. The Hall–Kier alpha value is -2.50. The highest BCUT2D eigenvalue weighted by Gasteiger charge is 2.18. The fourth-order valence-corrected chi connectivity index (χ4v) is 3.77. The van der Waals surface area contributed by atoms with Gasteiger partial charge in [-0.25, -0.2) is 4.98 Å². The molecule has 0 atom stereocenters. The Labute approximate surface area is 164 Å². The van der Waals surface area contributed by atoms with Crippen LogP contribution in [0, 0.1) is 0 Å². The number of nitrogens with zero attached hydrogens (tertiary/aromatic N) is 3. The first kappa shape index (κ1) is 19.3. The van der Waals surface area contributed by atoms with Crippen molar-refractivity contribution < 1.29 is 4.79 Å². The minimum atomic E-state index is -0.0459. The van der Waals surface area contributed by atoms with Crippen molar-refractivity contribution in [2.75, 3.05) is 32.1 Å². The molecule has 0 radical (unpaired) electrons. The molecule has 140 valence electrons. The zero-order valence-electron chi connectivity index (χ0n) is 16.1. The van der Waals surface area contributed by atoms with Gasteiger partial charge in [0.05, 0.1) is 10.2 Å². The Balaban J connectivity index is 1.88. The van der Waals surface area contributed by atoms with Crippen LogP contribution in [0.4, 0.5) is 5.13 Å². The summed E-state index contributed by atoms with van der Waals surface area (Å²) in [6.45, 7) is 3.52. The van der Waals surface area contributed by atoms with Gasteiger partial charge >= 0.3 is 0 Å². The Morgan fingerprint density at radius 3 is 2.59 bits per heavy atom. The van der Waals surface area contributed by atoms with E-state index in [9.17, 15) is 4.79 Å². The molecule has 0 saturated carbocycles. The molecule has 4 nitrogen and oxygen atoms in total. The van der Waals surface area contributed by atoms with Crippen LogP contribution in [0.5, 0.6) is 0 Å². The van der Waals surface area contributed by atoms with Gasteiger partial charge in [-0.2, -0.15) is 0 Å². The Kier molecular flexibility index (Phi) is 6.37. The highest BCUT2D eigenvalue weighted by molar-refractivity contribution is 7.22. The standard InChI is InChI=1S/C22H25N3OS/c1-4-17-10-12-19-20(16-17)27-22(23-19)25(15-14-24(2)3)21(26)13-11-18-8-6-5-7-9-18/h5-13,16H,4,14-15H2,1-3H3. The predicted octanol–water partition coefficient (Wildman–Crippen LogP) is 4.47. The van der Waals surface area contributed by atoms with E-state index in [1.807, 2.05) is 56.6 Å². The van der Waals surface area contributed by atoms with Crippen LogP contribution >= 0.6 is 11.3 Å². The second kappa shape index (κ2) is 8.93. The van der Waals surface area contributed by atoms with Crippen molar-refractivity contribution in [1.29, 1.82) is 0 Å². The first-order chi connectivity index (χ1) is 13.1. The summed E-state index contributed by atoms with van der Waals surface area (Å²) in [6, 6.07) is 16.2. The summed E-state index contributed by atoms with van der Waals surface area (Å²) in [4.78, 5) is 21.5. The van der Waals surface area contributed by atoms with Crippen LogP contribution < -0.4 is 4.90 Å². The molecule has 0 N–H and O–H groups in total. The smallest absolute Gasteiger partial charge is 0.252 e. The van der Waals surface area contributed by atoms with E-state index in [4.69, 9.17) is 4.98 Å². The number of hydrogen-bond donors (Lipinski definition) is 0. The maximum Gasteiger partial charge on any atom is 0.252 e. The molecular formula is C22H25N3OS. The van der Waals surface area contributed by atoms with Crippen LogP contribution in [0.3, 0.4) is 0 Å². The monoisotopic (exact) mass is 379 g/mol. The molecule has 0 bridgehead atoms. The van der Waals surface area contributed by atoms with Crippen molar-refractivity contribution in [3.8, 4) is 0 Å². The summed E-state index contributed by atoms with van der Waals surface area (Å²) in [5.74, 6) is -0.0459. The molecule has 0 aliphatic rings. The lowest BCUT2D eigenvalue weighted by Crippen LogP contribution is -2.35. The zero-order chi connectivity index (χ0) is 19.2. The number of benzene rings is 2. The third-order valence-corrected chi connectivity index (χ3v) is 5.38. The van der Waals surface area contributed by atoms with Crippen LogP contribution in [-0.4, -0.2) is 43.0 Å². The lowest BCUT2D eigenvalue weighted by Gasteiger charge is -2.20. The number of hydrogen-bond acceptors (Lipinski definition) is 4. The molecule has 27 heavy (non-hydrogen) atoms. The van der Waals surface area contributed by atoms with Gasteiger partial charge in [0.25, 0.3) is 5.91 Å². The zero-order valence-corrected chi connectivity index (χ0v) is 16.9. The molecule has 2 aromatic carbocycles. The van der Waals surface area contributed by atoms with E-state index >= 15 is 0 Å². The van der Waals surface area contributed by atoms with E-state index in [1.165, 1.54) is 5.56 Å². The summed E-state index contributed by atoms with van der Waals surface area (Å²) in [6.07, 6.45) is 4.48. The highest BCUT2D eigenvalue weighted by atomic mass is 32.1. The van der Waals surface area contributed by atoms with E-state index < -0.39 is 0 Å². The quantitative estimate of drug-likeness (QED) is 0.569. The van der Waals surface area contributed by atoms with Gasteiger partial charge in [0.15, 0.2) is 5.13 Å². The molecule has 0 spiro atoms. The minimum absolute atomic E-state index is 0.0459. The first-order valence-electron chi connectivity index (χ1n) is 9.15. The molecule has 0 fully saturated rings. The van der Waals surface area contributed by atoms with Crippen molar-refractivity contribution in [2.24, 2.45) is 0 Å². The number of carbonyl (C=O) groups is 1. The van der Waals surface area contributed by atoms with Gasteiger partial charge in [-0.1, -0.05) is 54.7 Å². The van der Waals surface area contributed by atoms with E-state index in [-0.39, 0.29) is 5.91 Å². The molecule has 3 aromatic rings. The molecule has 1 aromatic heterocycles. The summed E-state index contributed by atoms with van der Waals surface area (Å²) in [5.41, 5.74) is 3.24. The summed E-state index contributed by atoms with van der Waals surface area (Å²) in [5, 5.41) is 0.753. The second-order valence-corrected chi connectivity index (χ2v) is 7.70. The Morgan fingerprint density at radius 1 is 1.11 bits per heavy atom. The Bertz CT molecular complexity index is 931. The largest absolute Gasteiger partial charge is 0.308 e. The number of thiazole rings is 1. The number of carbonyl (C=O) groups excluding carboxylic acids is 1. The predicted molar refractivity (Wildman–Crippen MR) is 115 cm³/mol. The molecule has 5 heteroatoms. The lowest BCUT2D eigenvalue weighted by atomic mass is 10.2. The number of anilines is 1. The number of aromatic nitrogens is 1. The number of amides is 1. The van der Waals surface area contributed by atoms with Crippen LogP contribution in [0.1, 0.15) is 18.1 Å². The fraction of sp³-hybridized carbons (Fsp3) is 0.273. The molecule has 0 saturated heterocycles. The van der Waals surface area contributed by atoms with Crippen LogP contribution in [0.25, 0.3) is 16.3 Å². The first-order valence-corrected chi connectivity index (χ1v) is 9.97. The van der Waals surface area contributed by atoms with Crippen LogP contribution in [0.15, 0.2) is 54.6 Å². The maximum absolute atomic E-state index is 12.9. The third kappa shape index (κ3) is 5.02. The molecule has 1 heterocycles. The van der Waals surface area contributed by atoms with Gasteiger partial charge in [-0.05, 0) is 49.9 Å². The lowest BCUT2D eigenvalue weighted by molar-refractivity contribution is -0.114. The van der Waals surface area contributed by atoms with Crippen LogP contribution in [-0.2, 0) is 11.2 Å². The third-order valence-electron chi connectivity index (χ3n) is 4.34. The van der Waals surface area contributed by atoms with Crippen molar-refractivity contribution in [3.63, 3.8) is 0 Å². The van der Waals surface area contributed by atoms with Crippen LogP contribution in [0.2, 0.25) is 0 Å². The van der Waals surface area contributed by atoms with Gasteiger partial charge in [0.1, 0.15) is 0 Å². The minimum Gasteiger partial charge on any atom is -0.308 e. The number of fused-ring (bicyclic) bond motifs is 1. The SMILES string of the molecule is CCc1ccc2nc(N(CCN(C)C)C(=O)C=Cc3ccccc3)sc2c1. The van der Waals surface area contributed by atoms with Gasteiger partial charge in [0, 0.05) is 19.2 Å². The van der Waals surface area contributed by atoms with Gasteiger partial charge in [-0.15, -0.1) is 0 Å². The second-order valence-electron chi connectivity index (χ2n) is 6.69. The molecule has 3 rings (SSSR count). The highest BCUT2D eigenvalue weighted by Crippen LogP contribution is 2.30. The van der Waals surface area contributed by atoms with E-state index in [0.717, 1.165) is 33.9 Å². The molecule has 0 unspecified atom stereocenters. The van der Waals surface area contributed by atoms with E-state index in [2.05, 4.69) is 24.0 Å². The summed E-state index contributed by atoms with van der Waals surface area (Å²) in [7, 11) is 4.02. The number of rotatable bonds is 7. The van der Waals surface area contributed by atoms with Gasteiger partial charge < -0.3 is 4.90 Å². The molecule has 0 aliphatic heterocycles.